The molecular weight excluding hydrogens is 369 g/mol. The maximum atomic E-state index is 11.3. The van der Waals surface area contributed by atoms with Crippen LogP contribution < -0.4 is 10.1 Å². The molecule has 3 rings (SSSR count). The third-order valence-corrected chi connectivity index (χ3v) is 5.26. The third kappa shape index (κ3) is 4.57. The highest BCUT2D eigenvalue weighted by molar-refractivity contribution is 6.30. The van der Waals surface area contributed by atoms with Gasteiger partial charge >= 0.3 is 11.9 Å². The number of aromatic carboxylic acids is 1. The second kappa shape index (κ2) is 8.25. The number of carboxylic acid groups (broad SMARTS) is 2. The number of halogens is 2. The zero-order valence-electron chi connectivity index (χ0n) is 13.5. The number of ether oxygens (including phenoxy) is 1. The molecule has 1 heterocycles. The lowest BCUT2D eigenvalue weighted by molar-refractivity contribution is -0.141. The van der Waals surface area contributed by atoms with Gasteiger partial charge < -0.3 is 20.3 Å². The second-order valence-electron chi connectivity index (χ2n) is 6.55. The zero-order chi connectivity index (χ0) is 17.3. The number of hydrogen-bond donors (Lipinski definition) is 3. The lowest BCUT2D eigenvalue weighted by Gasteiger charge is -2.41. The number of carbonyl (C=O) groups is 2. The van der Waals surface area contributed by atoms with E-state index in [2.05, 4.69) is 5.32 Å². The molecular formula is C17H21Cl2NO5. The van der Waals surface area contributed by atoms with E-state index in [9.17, 15) is 19.8 Å². The van der Waals surface area contributed by atoms with Gasteiger partial charge in [0, 0.05) is 5.02 Å². The van der Waals surface area contributed by atoms with E-state index in [4.69, 9.17) is 16.3 Å². The number of aliphatic carboxylic acids is 1. The molecule has 138 valence electrons. The molecule has 1 saturated heterocycles. The van der Waals surface area contributed by atoms with Crippen LogP contribution in [0.2, 0.25) is 5.02 Å². The summed E-state index contributed by atoms with van der Waals surface area (Å²) in [5.41, 5.74) is 0.0928. The summed E-state index contributed by atoms with van der Waals surface area (Å²) in [6.45, 7) is 0.714. The molecule has 0 spiro atoms. The van der Waals surface area contributed by atoms with Gasteiger partial charge in [0.2, 0.25) is 0 Å². The van der Waals surface area contributed by atoms with Gasteiger partial charge in [-0.1, -0.05) is 11.6 Å². The van der Waals surface area contributed by atoms with Crippen molar-refractivity contribution in [1.82, 2.24) is 5.32 Å². The molecule has 1 aromatic rings. The Bertz CT molecular complexity index is 654. The molecule has 1 saturated carbocycles. The number of carboxylic acids is 2. The highest BCUT2D eigenvalue weighted by Crippen LogP contribution is 2.38. The van der Waals surface area contributed by atoms with E-state index in [-0.39, 0.29) is 35.7 Å². The average Bonchev–Trinajstić information content (AvgIpc) is 2.54. The summed E-state index contributed by atoms with van der Waals surface area (Å²) in [5.74, 6) is -0.859. The van der Waals surface area contributed by atoms with Crippen LogP contribution in [0.5, 0.6) is 5.75 Å². The van der Waals surface area contributed by atoms with Crippen molar-refractivity contribution in [3.8, 4) is 5.75 Å². The van der Waals surface area contributed by atoms with Gasteiger partial charge in [-0.25, -0.2) is 4.79 Å². The van der Waals surface area contributed by atoms with E-state index in [0.29, 0.717) is 23.9 Å². The number of nitrogens with one attached hydrogen (secondary N) is 1. The van der Waals surface area contributed by atoms with Crippen LogP contribution in [0.4, 0.5) is 0 Å². The predicted octanol–water partition coefficient (Wildman–Crippen LogP) is 3.07. The Labute approximate surface area is 156 Å². The van der Waals surface area contributed by atoms with Crippen molar-refractivity contribution < 1.29 is 24.5 Å². The summed E-state index contributed by atoms with van der Waals surface area (Å²) in [6, 6.07) is 3.99. The van der Waals surface area contributed by atoms with E-state index in [1.165, 1.54) is 18.2 Å². The minimum atomic E-state index is -1.05. The molecule has 2 aliphatic rings. The molecule has 0 unspecified atom stereocenters. The first-order valence-corrected chi connectivity index (χ1v) is 8.47. The Morgan fingerprint density at radius 1 is 1.16 bits per heavy atom. The smallest absolute Gasteiger partial charge is 0.339 e. The molecule has 4 atom stereocenters. The SMILES string of the molecule is Cl.O=C(O)c1ccc(Cl)cc1O[C@H]1CC[C@H]2CN[C@H](C(=O)O)C[C@H]2C1. The van der Waals surface area contributed by atoms with E-state index < -0.39 is 18.0 Å². The average molecular weight is 390 g/mol. The fraction of sp³-hybridized carbons (Fsp3) is 0.529. The molecule has 1 aliphatic heterocycles. The molecule has 6 nitrogen and oxygen atoms in total. The Hall–Kier alpha value is -1.50. The highest BCUT2D eigenvalue weighted by atomic mass is 35.5. The minimum Gasteiger partial charge on any atom is -0.489 e. The van der Waals surface area contributed by atoms with Crippen molar-refractivity contribution in [3.63, 3.8) is 0 Å². The Morgan fingerprint density at radius 2 is 1.92 bits per heavy atom. The maximum Gasteiger partial charge on any atom is 0.339 e. The van der Waals surface area contributed by atoms with Crippen LogP contribution in [-0.4, -0.2) is 40.8 Å². The standard InChI is InChI=1S/C17H20ClNO5.ClH/c18-11-2-4-13(16(20)21)15(7-11)24-12-3-1-9-8-19-14(17(22)23)6-10(9)5-12;/h2,4,7,9-10,12,14,19H,1,3,5-6,8H2,(H,20,21)(H,22,23);1H/t9-,10+,12-,14-;/m0./s1. The van der Waals surface area contributed by atoms with Gasteiger partial charge in [-0.15, -0.1) is 12.4 Å². The summed E-state index contributed by atoms with van der Waals surface area (Å²) in [5, 5.41) is 22.0. The molecule has 2 fully saturated rings. The van der Waals surface area contributed by atoms with E-state index in [1.807, 2.05) is 0 Å². The largest absolute Gasteiger partial charge is 0.489 e. The van der Waals surface area contributed by atoms with Gasteiger partial charge in [0.15, 0.2) is 0 Å². The van der Waals surface area contributed by atoms with Crippen molar-refractivity contribution in [2.45, 2.75) is 37.8 Å². The predicted molar refractivity (Wildman–Crippen MR) is 94.9 cm³/mol. The Balaban J connectivity index is 0.00000225. The van der Waals surface area contributed by atoms with Gasteiger partial charge in [0.05, 0.1) is 6.10 Å². The molecule has 0 bridgehead atoms. The summed E-state index contributed by atoms with van der Waals surface area (Å²) in [6.07, 6.45) is 2.97. The maximum absolute atomic E-state index is 11.3. The van der Waals surface area contributed by atoms with Crippen LogP contribution in [0.3, 0.4) is 0 Å². The lowest BCUT2D eigenvalue weighted by atomic mass is 9.72. The quantitative estimate of drug-likeness (QED) is 0.732. The normalized spacial score (nSPS) is 28.4. The number of rotatable bonds is 4. The van der Waals surface area contributed by atoms with Crippen molar-refractivity contribution in [1.29, 1.82) is 0 Å². The second-order valence-corrected chi connectivity index (χ2v) is 6.99. The summed E-state index contributed by atoms with van der Waals surface area (Å²) in [7, 11) is 0. The Morgan fingerprint density at radius 3 is 2.60 bits per heavy atom. The van der Waals surface area contributed by atoms with Crippen LogP contribution in [-0.2, 0) is 4.79 Å². The van der Waals surface area contributed by atoms with E-state index in [1.54, 1.807) is 0 Å². The van der Waals surface area contributed by atoms with Gasteiger partial charge in [0.1, 0.15) is 17.4 Å². The highest BCUT2D eigenvalue weighted by Gasteiger charge is 2.38. The molecule has 3 N–H and O–H groups in total. The van der Waals surface area contributed by atoms with Crippen LogP contribution >= 0.6 is 24.0 Å². The van der Waals surface area contributed by atoms with E-state index in [0.717, 1.165) is 19.3 Å². The lowest BCUT2D eigenvalue weighted by Crippen LogP contribution is -2.50. The van der Waals surface area contributed by atoms with Crippen LogP contribution in [0.15, 0.2) is 18.2 Å². The number of hydrogen-bond acceptors (Lipinski definition) is 4. The van der Waals surface area contributed by atoms with Crippen LogP contribution in [0, 0.1) is 11.8 Å². The monoisotopic (exact) mass is 389 g/mol. The first-order chi connectivity index (χ1) is 11.4. The van der Waals surface area contributed by atoms with Crippen molar-refractivity contribution in [3.05, 3.63) is 28.8 Å². The number of piperidine rings is 1. The molecule has 8 heteroatoms. The fourth-order valence-corrected chi connectivity index (χ4v) is 3.93. The van der Waals surface area contributed by atoms with Gasteiger partial charge in [0.25, 0.3) is 0 Å². The van der Waals surface area contributed by atoms with Gasteiger partial charge in [-0.3, -0.25) is 4.79 Å². The first-order valence-electron chi connectivity index (χ1n) is 8.09. The minimum absolute atomic E-state index is 0. The van der Waals surface area contributed by atoms with Crippen molar-refractivity contribution in [2.75, 3.05) is 6.54 Å². The van der Waals surface area contributed by atoms with Crippen LogP contribution in [0.1, 0.15) is 36.0 Å². The molecule has 25 heavy (non-hydrogen) atoms. The zero-order valence-corrected chi connectivity index (χ0v) is 15.1. The molecule has 0 amide bonds. The van der Waals surface area contributed by atoms with Crippen molar-refractivity contribution >= 4 is 35.9 Å². The number of fused-ring (bicyclic) bond motifs is 1. The fourth-order valence-electron chi connectivity index (χ4n) is 3.77. The summed E-state index contributed by atoms with van der Waals surface area (Å²) >= 11 is 5.96. The topological polar surface area (TPSA) is 95.9 Å². The Kier molecular flexibility index (Phi) is 6.54. The molecule has 0 aromatic heterocycles. The summed E-state index contributed by atoms with van der Waals surface area (Å²) < 4.78 is 5.94. The third-order valence-electron chi connectivity index (χ3n) is 5.02. The molecule has 0 radical (unpaired) electrons. The first kappa shape index (κ1) is 19.8. The van der Waals surface area contributed by atoms with E-state index >= 15 is 0 Å². The molecule has 1 aliphatic carbocycles. The van der Waals surface area contributed by atoms with Crippen LogP contribution in [0.25, 0.3) is 0 Å². The van der Waals surface area contributed by atoms with Gasteiger partial charge in [-0.2, -0.15) is 0 Å². The van der Waals surface area contributed by atoms with Gasteiger partial charge in [-0.05, 0) is 62.3 Å². The number of benzene rings is 1. The summed E-state index contributed by atoms with van der Waals surface area (Å²) in [4.78, 5) is 22.5. The molecule has 1 aromatic carbocycles. The van der Waals surface area contributed by atoms with Crippen molar-refractivity contribution in [2.24, 2.45) is 11.8 Å².